The third-order valence-electron chi connectivity index (χ3n) is 2.41. The molecule has 0 N–H and O–H groups in total. The number of ether oxygens (including phenoxy) is 1. The topological polar surface area (TPSA) is 26.3 Å². The normalized spacial score (nSPS) is 16.9. The minimum atomic E-state index is -0.319. The van der Waals surface area contributed by atoms with E-state index < -0.39 is 0 Å². The molecule has 3 heteroatoms. The Morgan fingerprint density at radius 2 is 2.33 bits per heavy atom. The van der Waals surface area contributed by atoms with Gasteiger partial charge in [-0.1, -0.05) is 12.1 Å². The number of Topliss-reactive ketones (excluding diaryl/α,β-unsaturated/α-hetero) is 1. The highest BCUT2D eigenvalue weighted by Gasteiger charge is 2.27. The van der Waals surface area contributed by atoms with E-state index in [1.165, 1.54) is 12.3 Å². The number of hydrogen-bond acceptors (Lipinski definition) is 2. The van der Waals surface area contributed by atoms with E-state index in [-0.39, 0.29) is 11.6 Å². The van der Waals surface area contributed by atoms with Gasteiger partial charge >= 0.3 is 0 Å². The minimum absolute atomic E-state index is 0.127. The minimum Gasteiger partial charge on any atom is -0.501 e. The highest BCUT2D eigenvalue weighted by atomic mass is 19.1. The van der Waals surface area contributed by atoms with Crippen LogP contribution in [0.1, 0.15) is 22.8 Å². The first-order valence-electron chi connectivity index (χ1n) is 4.86. The average molecular weight is 206 g/mol. The van der Waals surface area contributed by atoms with Crippen LogP contribution in [0, 0.1) is 5.82 Å². The Balaban J connectivity index is 2.37. The van der Waals surface area contributed by atoms with Gasteiger partial charge in [0.25, 0.3) is 0 Å². The summed E-state index contributed by atoms with van der Waals surface area (Å²) in [4.78, 5) is 11.7. The Morgan fingerprint density at radius 3 is 3.00 bits per heavy atom. The van der Waals surface area contributed by atoms with Crippen LogP contribution in [0.15, 0.2) is 30.0 Å². The molecule has 0 fully saturated rings. The number of halogens is 1. The Bertz CT molecular complexity index is 435. The number of ketones is 1. The molecule has 1 aromatic rings. The van der Waals surface area contributed by atoms with Gasteiger partial charge in [-0.25, -0.2) is 4.39 Å². The standard InChI is InChI=1S/C12H11FO2/c1-2-15-7-8-6-10-9(12(8)14)4-3-5-11(10)13/h3-5,7H,2,6H2,1H3/b8-7+. The fourth-order valence-electron chi connectivity index (χ4n) is 1.67. The van der Waals surface area contributed by atoms with Gasteiger partial charge in [-0.05, 0) is 13.0 Å². The molecule has 0 heterocycles. The third-order valence-corrected chi connectivity index (χ3v) is 2.41. The molecule has 0 bridgehead atoms. The zero-order valence-electron chi connectivity index (χ0n) is 8.42. The van der Waals surface area contributed by atoms with Crippen LogP contribution in [0.5, 0.6) is 0 Å². The molecule has 0 aromatic heterocycles. The highest BCUT2D eigenvalue weighted by molar-refractivity contribution is 6.13. The lowest BCUT2D eigenvalue weighted by atomic mass is 10.1. The van der Waals surface area contributed by atoms with E-state index in [1.54, 1.807) is 12.1 Å². The van der Waals surface area contributed by atoms with Crippen molar-refractivity contribution in [2.24, 2.45) is 0 Å². The Morgan fingerprint density at radius 1 is 1.53 bits per heavy atom. The molecule has 1 aromatic carbocycles. The Kier molecular flexibility index (Phi) is 2.54. The molecule has 0 amide bonds. The quantitative estimate of drug-likeness (QED) is 0.549. The van der Waals surface area contributed by atoms with Gasteiger partial charge in [0.05, 0.1) is 12.9 Å². The lowest BCUT2D eigenvalue weighted by molar-refractivity contribution is 0.103. The largest absolute Gasteiger partial charge is 0.501 e. The molecule has 78 valence electrons. The molecule has 0 atom stereocenters. The van der Waals surface area contributed by atoms with Gasteiger partial charge in [0.1, 0.15) is 5.82 Å². The van der Waals surface area contributed by atoms with Crippen LogP contribution < -0.4 is 0 Å². The third kappa shape index (κ3) is 1.65. The molecule has 0 radical (unpaired) electrons. The van der Waals surface area contributed by atoms with Crippen molar-refractivity contribution in [3.05, 3.63) is 47.0 Å². The highest BCUT2D eigenvalue weighted by Crippen LogP contribution is 2.28. The zero-order chi connectivity index (χ0) is 10.8. The van der Waals surface area contributed by atoms with Crippen LogP contribution >= 0.6 is 0 Å². The van der Waals surface area contributed by atoms with Crippen molar-refractivity contribution in [1.82, 2.24) is 0 Å². The van der Waals surface area contributed by atoms with Crippen LogP contribution in [0.2, 0.25) is 0 Å². The maximum absolute atomic E-state index is 13.3. The maximum Gasteiger partial charge on any atom is 0.192 e. The van der Waals surface area contributed by atoms with E-state index in [9.17, 15) is 9.18 Å². The van der Waals surface area contributed by atoms with Crippen LogP contribution in [-0.4, -0.2) is 12.4 Å². The number of allylic oxidation sites excluding steroid dienone is 1. The van der Waals surface area contributed by atoms with Gasteiger partial charge in [-0.15, -0.1) is 0 Å². The smallest absolute Gasteiger partial charge is 0.192 e. The number of carbonyl (C=O) groups excluding carboxylic acids is 1. The summed E-state index contributed by atoms with van der Waals surface area (Å²) >= 11 is 0. The van der Waals surface area contributed by atoms with Gasteiger partial charge in [0, 0.05) is 23.1 Å². The van der Waals surface area contributed by atoms with Crippen molar-refractivity contribution in [2.75, 3.05) is 6.61 Å². The number of fused-ring (bicyclic) bond motifs is 1. The van der Waals surface area contributed by atoms with E-state index in [1.807, 2.05) is 6.92 Å². The molecular weight excluding hydrogens is 195 g/mol. The Labute approximate surface area is 87.4 Å². The van der Waals surface area contributed by atoms with Crippen molar-refractivity contribution in [2.45, 2.75) is 13.3 Å². The molecule has 0 unspecified atom stereocenters. The van der Waals surface area contributed by atoms with Gasteiger partial charge in [0.2, 0.25) is 0 Å². The zero-order valence-corrected chi connectivity index (χ0v) is 8.42. The summed E-state index contributed by atoms with van der Waals surface area (Å²) in [6.45, 7) is 2.35. The molecule has 0 aliphatic heterocycles. The molecule has 0 saturated carbocycles. The monoisotopic (exact) mass is 206 g/mol. The fourth-order valence-corrected chi connectivity index (χ4v) is 1.67. The SMILES string of the molecule is CCO/C=C1\Cc2c(F)cccc2C1=O. The number of hydrogen-bond donors (Lipinski definition) is 0. The van der Waals surface area contributed by atoms with Gasteiger partial charge in [0.15, 0.2) is 5.78 Å². The first-order valence-corrected chi connectivity index (χ1v) is 4.86. The van der Waals surface area contributed by atoms with Crippen LogP contribution in [0.4, 0.5) is 4.39 Å². The number of carbonyl (C=O) groups is 1. The summed E-state index contributed by atoms with van der Waals surface area (Å²) in [5, 5.41) is 0. The van der Waals surface area contributed by atoms with Crippen molar-refractivity contribution in [1.29, 1.82) is 0 Å². The van der Waals surface area contributed by atoms with Crippen molar-refractivity contribution in [3.63, 3.8) is 0 Å². The molecule has 0 saturated heterocycles. The first-order chi connectivity index (χ1) is 7.24. The van der Waals surface area contributed by atoms with Gasteiger partial charge in [-0.2, -0.15) is 0 Å². The van der Waals surface area contributed by atoms with E-state index in [0.717, 1.165) is 0 Å². The molecule has 2 nitrogen and oxygen atoms in total. The van der Waals surface area contributed by atoms with Crippen molar-refractivity contribution >= 4 is 5.78 Å². The van der Waals surface area contributed by atoms with E-state index in [0.29, 0.717) is 29.7 Å². The summed E-state index contributed by atoms with van der Waals surface area (Å²) in [5.41, 5.74) is 1.46. The molecule has 15 heavy (non-hydrogen) atoms. The predicted molar refractivity (Wildman–Crippen MR) is 54.1 cm³/mol. The summed E-state index contributed by atoms with van der Waals surface area (Å²) in [7, 11) is 0. The van der Waals surface area contributed by atoms with Crippen molar-refractivity contribution in [3.8, 4) is 0 Å². The van der Waals surface area contributed by atoms with Crippen LogP contribution in [0.25, 0.3) is 0 Å². The van der Waals surface area contributed by atoms with E-state index in [4.69, 9.17) is 4.74 Å². The maximum atomic E-state index is 13.3. The number of rotatable bonds is 2. The summed E-state index contributed by atoms with van der Waals surface area (Å²) in [5.74, 6) is -0.446. The molecular formula is C12H11FO2. The molecule has 0 spiro atoms. The molecule has 2 rings (SSSR count). The average Bonchev–Trinajstić information content (AvgIpc) is 2.55. The Hall–Kier alpha value is -1.64. The van der Waals surface area contributed by atoms with Crippen LogP contribution in [-0.2, 0) is 11.2 Å². The predicted octanol–water partition coefficient (Wildman–Crippen LogP) is 2.48. The molecule has 1 aliphatic rings. The van der Waals surface area contributed by atoms with Gasteiger partial charge in [-0.3, -0.25) is 4.79 Å². The number of benzene rings is 1. The van der Waals surface area contributed by atoms with E-state index >= 15 is 0 Å². The van der Waals surface area contributed by atoms with Crippen LogP contribution in [0.3, 0.4) is 0 Å². The second-order valence-corrected chi connectivity index (χ2v) is 3.37. The second kappa shape index (κ2) is 3.85. The van der Waals surface area contributed by atoms with E-state index in [2.05, 4.69) is 0 Å². The van der Waals surface area contributed by atoms with Gasteiger partial charge < -0.3 is 4.74 Å². The summed E-state index contributed by atoms with van der Waals surface area (Å²) < 4.78 is 18.4. The summed E-state index contributed by atoms with van der Waals surface area (Å²) in [6.07, 6.45) is 1.77. The second-order valence-electron chi connectivity index (χ2n) is 3.37. The fraction of sp³-hybridized carbons (Fsp3) is 0.250. The first kappa shape index (κ1) is 9.90. The summed E-state index contributed by atoms with van der Waals surface area (Å²) in [6, 6.07) is 4.57. The lowest BCUT2D eigenvalue weighted by Gasteiger charge is -1.96. The lowest BCUT2D eigenvalue weighted by Crippen LogP contribution is -1.96. The molecule has 1 aliphatic carbocycles. The van der Waals surface area contributed by atoms with Crippen molar-refractivity contribution < 1.29 is 13.9 Å².